The van der Waals surface area contributed by atoms with Crippen LogP contribution >= 0.6 is 0 Å². The van der Waals surface area contributed by atoms with Crippen molar-refractivity contribution in [1.82, 2.24) is 0 Å². The third-order valence-corrected chi connectivity index (χ3v) is 7.44. The Morgan fingerprint density at radius 1 is 1.03 bits per heavy atom. The summed E-state index contributed by atoms with van der Waals surface area (Å²) in [6, 6.07) is 4.41. The summed E-state index contributed by atoms with van der Waals surface area (Å²) in [5.74, 6) is 0.834. The highest BCUT2D eigenvalue weighted by atomic mass is 32.2. The van der Waals surface area contributed by atoms with Crippen molar-refractivity contribution in [2.45, 2.75) is 103 Å². The van der Waals surface area contributed by atoms with E-state index in [0.717, 1.165) is 81.8 Å². The molecular formula is C26H39F3N2O3S. The van der Waals surface area contributed by atoms with Gasteiger partial charge in [0.1, 0.15) is 17.1 Å². The maximum absolute atomic E-state index is 13.1. The van der Waals surface area contributed by atoms with Crippen LogP contribution in [-0.4, -0.2) is 32.7 Å². The van der Waals surface area contributed by atoms with E-state index in [0.29, 0.717) is 12.5 Å². The Morgan fingerprint density at radius 3 is 2.11 bits per heavy atom. The number of nitriles is 1. The topological polar surface area (TPSA) is 96.2 Å². The van der Waals surface area contributed by atoms with E-state index in [1.54, 1.807) is 0 Å². The quantitative estimate of drug-likeness (QED) is 0.177. The molecule has 0 spiro atoms. The molecule has 2 N–H and O–H groups in total. The number of hydrogen-bond donors (Lipinski definition) is 2. The van der Waals surface area contributed by atoms with Crippen molar-refractivity contribution in [2.75, 3.05) is 16.8 Å². The van der Waals surface area contributed by atoms with Crippen LogP contribution in [0.25, 0.3) is 0 Å². The summed E-state index contributed by atoms with van der Waals surface area (Å²) >= 11 is -0.685. The number of halogens is 3. The van der Waals surface area contributed by atoms with Gasteiger partial charge >= 0.3 is 6.18 Å². The molecule has 0 saturated heterocycles. The van der Waals surface area contributed by atoms with Crippen LogP contribution < -0.4 is 5.32 Å². The number of carbonyl (C=O) groups excluding carboxylic acids is 1. The SMILES string of the molecule is CCCCC[S+]([O-])CCCCCCCCCC[C@](C)(O)C(=O)Nc1ccc(C#N)c(C(F)(F)F)c1. The molecule has 1 rings (SSSR count). The van der Waals surface area contributed by atoms with Gasteiger partial charge in [0.2, 0.25) is 0 Å². The van der Waals surface area contributed by atoms with Gasteiger partial charge in [0, 0.05) is 5.69 Å². The second-order valence-corrected chi connectivity index (χ2v) is 10.9. The van der Waals surface area contributed by atoms with Crippen molar-refractivity contribution in [3.8, 4) is 6.07 Å². The summed E-state index contributed by atoms with van der Waals surface area (Å²) in [6.07, 6.45) is 6.61. The van der Waals surface area contributed by atoms with E-state index >= 15 is 0 Å². The molecule has 0 saturated carbocycles. The summed E-state index contributed by atoms with van der Waals surface area (Å²) < 4.78 is 51.1. The number of aliphatic hydroxyl groups is 1. The number of nitrogens with zero attached hydrogens (tertiary/aromatic N) is 1. The number of anilines is 1. The number of benzene rings is 1. The van der Waals surface area contributed by atoms with Gasteiger partial charge in [0.15, 0.2) is 0 Å². The summed E-state index contributed by atoms with van der Waals surface area (Å²) in [5.41, 5.74) is -3.48. The highest BCUT2D eigenvalue weighted by Crippen LogP contribution is 2.33. The minimum atomic E-state index is -4.72. The average molecular weight is 517 g/mol. The number of unbranched alkanes of at least 4 members (excludes halogenated alkanes) is 9. The molecular weight excluding hydrogens is 477 g/mol. The zero-order valence-electron chi connectivity index (χ0n) is 20.9. The lowest BCUT2D eigenvalue weighted by Crippen LogP contribution is -2.40. The minimum Gasteiger partial charge on any atom is -0.616 e. The van der Waals surface area contributed by atoms with Crippen molar-refractivity contribution in [2.24, 2.45) is 0 Å². The van der Waals surface area contributed by atoms with Gasteiger partial charge in [-0.2, -0.15) is 18.4 Å². The highest BCUT2D eigenvalue weighted by Gasteiger charge is 2.35. The van der Waals surface area contributed by atoms with Gasteiger partial charge in [0.25, 0.3) is 5.91 Å². The molecule has 1 aromatic rings. The molecule has 2 atom stereocenters. The molecule has 0 aliphatic rings. The van der Waals surface area contributed by atoms with Gasteiger partial charge < -0.3 is 15.0 Å². The molecule has 1 unspecified atom stereocenters. The monoisotopic (exact) mass is 516 g/mol. The van der Waals surface area contributed by atoms with Crippen LogP contribution in [0.5, 0.6) is 0 Å². The minimum absolute atomic E-state index is 0.119. The van der Waals surface area contributed by atoms with Crippen LogP contribution in [0.1, 0.15) is 102 Å². The predicted octanol–water partition coefficient (Wildman–Crippen LogP) is 6.72. The molecule has 1 aromatic carbocycles. The fourth-order valence-corrected chi connectivity index (χ4v) is 5.00. The third-order valence-electron chi connectivity index (χ3n) is 5.95. The lowest BCUT2D eigenvalue weighted by molar-refractivity contribution is -0.138. The van der Waals surface area contributed by atoms with E-state index in [4.69, 9.17) is 5.26 Å². The molecule has 9 heteroatoms. The summed E-state index contributed by atoms with van der Waals surface area (Å²) in [5, 5.41) is 21.7. The van der Waals surface area contributed by atoms with Gasteiger partial charge in [-0.05, 0) is 57.2 Å². The smallest absolute Gasteiger partial charge is 0.417 e. The molecule has 0 fully saturated rings. The zero-order chi connectivity index (χ0) is 26.3. The molecule has 0 aliphatic carbocycles. The van der Waals surface area contributed by atoms with Crippen LogP contribution in [-0.2, 0) is 22.1 Å². The fourth-order valence-electron chi connectivity index (χ4n) is 3.74. The van der Waals surface area contributed by atoms with Crippen molar-refractivity contribution in [1.29, 1.82) is 5.26 Å². The van der Waals surface area contributed by atoms with E-state index in [1.165, 1.54) is 19.1 Å². The third kappa shape index (κ3) is 12.7. The molecule has 0 bridgehead atoms. The van der Waals surface area contributed by atoms with Crippen LogP contribution in [0.3, 0.4) is 0 Å². The highest BCUT2D eigenvalue weighted by molar-refractivity contribution is 7.91. The molecule has 0 aromatic heterocycles. The molecule has 1 amide bonds. The lowest BCUT2D eigenvalue weighted by atomic mass is 9.96. The first-order valence-electron chi connectivity index (χ1n) is 12.5. The molecule has 0 radical (unpaired) electrons. The first-order chi connectivity index (χ1) is 16.5. The van der Waals surface area contributed by atoms with Gasteiger partial charge in [-0.15, -0.1) is 0 Å². The first kappa shape index (κ1) is 31.3. The lowest BCUT2D eigenvalue weighted by Gasteiger charge is -2.22. The zero-order valence-corrected chi connectivity index (χ0v) is 21.7. The van der Waals surface area contributed by atoms with Gasteiger partial charge in [-0.3, -0.25) is 4.79 Å². The van der Waals surface area contributed by atoms with E-state index in [9.17, 15) is 27.6 Å². The van der Waals surface area contributed by atoms with Crippen molar-refractivity contribution in [3.05, 3.63) is 29.3 Å². The standard InChI is InChI=1S/C26H39F3N2O3S/c1-3-4-12-17-35(34)18-13-10-8-6-5-7-9-11-16-25(2,33)24(32)31-22-15-14-21(20-30)23(19-22)26(27,28)29/h14-15,19,33H,3-13,16-18H2,1-2H3,(H,31,32)/t25-,35?/m0/s1. The van der Waals surface area contributed by atoms with E-state index in [1.807, 2.05) is 0 Å². The molecule has 35 heavy (non-hydrogen) atoms. The first-order valence-corrected chi connectivity index (χ1v) is 14.0. The Hall–Kier alpha value is -1.76. The van der Waals surface area contributed by atoms with Crippen molar-refractivity contribution < 1.29 is 27.6 Å². The second-order valence-electron chi connectivity index (χ2n) is 9.23. The number of nitrogens with one attached hydrogen (secondary N) is 1. The molecule has 5 nitrogen and oxygen atoms in total. The summed E-state index contributed by atoms with van der Waals surface area (Å²) in [4.78, 5) is 12.4. The predicted molar refractivity (Wildman–Crippen MR) is 134 cm³/mol. The Labute approximate surface area is 210 Å². The van der Waals surface area contributed by atoms with Crippen LogP contribution in [0, 0.1) is 11.3 Å². The Kier molecular flexibility index (Phi) is 14.4. The fraction of sp³-hybridized carbons (Fsp3) is 0.692. The Morgan fingerprint density at radius 2 is 1.57 bits per heavy atom. The van der Waals surface area contributed by atoms with Gasteiger partial charge in [-0.1, -0.05) is 63.0 Å². The maximum Gasteiger partial charge on any atom is 0.417 e. The second kappa shape index (κ2) is 16.1. The molecule has 0 heterocycles. The number of rotatable bonds is 17. The number of carbonyl (C=O) groups is 1. The maximum atomic E-state index is 13.1. The Bertz CT molecular complexity index is 810. The summed E-state index contributed by atoms with van der Waals surface area (Å²) in [6.45, 7) is 3.49. The van der Waals surface area contributed by atoms with Gasteiger partial charge in [-0.25, -0.2) is 0 Å². The number of amides is 1. The normalized spacial score (nSPS) is 14.2. The Balaban J connectivity index is 2.25. The molecule has 0 aliphatic heterocycles. The van der Waals surface area contributed by atoms with Gasteiger partial charge in [0.05, 0.1) is 17.2 Å². The van der Waals surface area contributed by atoms with E-state index in [2.05, 4.69) is 12.2 Å². The number of hydrogen-bond acceptors (Lipinski definition) is 4. The van der Waals surface area contributed by atoms with E-state index < -0.39 is 40.0 Å². The van der Waals surface area contributed by atoms with Crippen LogP contribution in [0.15, 0.2) is 18.2 Å². The van der Waals surface area contributed by atoms with Crippen LogP contribution in [0.4, 0.5) is 18.9 Å². The molecule has 198 valence electrons. The van der Waals surface area contributed by atoms with Crippen molar-refractivity contribution in [3.63, 3.8) is 0 Å². The van der Waals surface area contributed by atoms with Crippen LogP contribution in [0.2, 0.25) is 0 Å². The average Bonchev–Trinajstić information content (AvgIpc) is 2.79. The van der Waals surface area contributed by atoms with E-state index in [-0.39, 0.29) is 12.1 Å². The van der Waals surface area contributed by atoms with Crippen molar-refractivity contribution >= 4 is 22.8 Å². The largest absolute Gasteiger partial charge is 0.616 e. The number of alkyl halides is 3. The summed E-state index contributed by atoms with van der Waals surface area (Å²) in [7, 11) is 0.